The van der Waals surface area contributed by atoms with Crippen LogP contribution in [0.4, 0.5) is 5.00 Å². The van der Waals surface area contributed by atoms with Crippen molar-refractivity contribution in [1.82, 2.24) is 10.3 Å². The fourth-order valence-corrected chi connectivity index (χ4v) is 6.28. The number of thiophene rings is 1. The molecule has 0 radical (unpaired) electrons. The molecule has 2 atom stereocenters. The molecule has 4 N–H and O–H groups in total. The van der Waals surface area contributed by atoms with Crippen LogP contribution in [0.5, 0.6) is 0 Å². The molecule has 4 rings (SSSR count). The molecule has 9 heteroatoms. The SMILES string of the molecule is Cc1ccc(/C=N/NC(=O)c2c(NC(=O)c3cccc(CN(CC(C)O)CC(C)O)c3)sc3c2CCC3)cc1C. The van der Waals surface area contributed by atoms with Crippen LogP contribution in [0.25, 0.3) is 0 Å². The van der Waals surface area contributed by atoms with E-state index < -0.39 is 12.2 Å². The van der Waals surface area contributed by atoms with Gasteiger partial charge in [-0.15, -0.1) is 11.3 Å². The zero-order valence-corrected chi connectivity index (χ0v) is 24.3. The van der Waals surface area contributed by atoms with Crippen LogP contribution in [-0.4, -0.2) is 58.4 Å². The minimum Gasteiger partial charge on any atom is -0.392 e. The van der Waals surface area contributed by atoms with Crippen LogP contribution in [-0.2, 0) is 19.4 Å². The van der Waals surface area contributed by atoms with E-state index in [0.717, 1.165) is 46.4 Å². The molecule has 40 heavy (non-hydrogen) atoms. The van der Waals surface area contributed by atoms with E-state index in [9.17, 15) is 19.8 Å². The van der Waals surface area contributed by atoms with Crippen molar-refractivity contribution in [3.05, 3.63) is 86.3 Å². The van der Waals surface area contributed by atoms with Crippen molar-refractivity contribution in [3.63, 3.8) is 0 Å². The third-order valence-electron chi connectivity index (χ3n) is 6.93. The Balaban J connectivity index is 1.49. The molecule has 0 saturated heterocycles. The van der Waals surface area contributed by atoms with E-state index in [1.165, 1.54) is 16.9 Å². The van der Waals surface area contributed by atoms with E-state index in [4.69, 9.17) is 0 Å². The molecular weight excluding hydrogens is 524 g/mol. The zero-order chi connectivity index (χ0) is 28.8. The average molecular weight is 563 g/mol. The van der Waals surface area contributed by atoms with Gasteiger partial charge in [-0.25, -0.2) is 5.43 Å². The Morgan fingerprint density at radius 2 is 1.77 bits per heavy atom. The number of nitrogens with zero attached hydrogens (tertiary/aromatic N) is 2. The number of fused-ring (bicyclic) bond motifs is 1. The summed E-state index contributed by atoms with van der Waals surface area (Å²) in [7, 11) is 0. The van der Waals surface area contributed by atoms with E-state index >= 15 is 0 Å². The molecule has 0 fully saturated rings. The van der Waals surface area contributed by atoms with Crippen LogP contribution in [0.3, 0.4) is 0 Å². The Morgan fingerprint density at radius 3 is 2.48 bits per heavy atom. The summed E-state index contributed by atoms with van der Waals surface area (Å²) in [5.74, 6) is -0.637. The van der Waals surface area contributed by atoms with Crippen molar-refractivity contribution in [2.45, 2.75) is 65.7 Å². The predicted octanol–water partition coefficient (Wildman–Crippen LogP) is 4.43. The van der Waals surface area contributed by atoms with E-state index in [2.05, 4.69) is 15.8 Å². The maximum absolute atomic E-state index is 13.3. The van der Waals surface area contributed by atoms with Gasteiger partial charge in [0.15, 0.2) is 0 Å². The predicted molar refractivity (Wildman–Crippen MR) is 160 cm³/mol. The molecule has 1 aliphatic carbocycles. The van der Waals surface area contributed by atoms with E-state index in [0.29, 0.717) is 35.8 Å². The van der Waals surface area contributed by atoms with Crippen molar-refractivity contribution in [2.75, 3.05) is 18.4 Å². The number of carbonyl (C=O) groups is 2. The Labute approximate surface area is 239 Å². The van der Waals surface area contributed by atoms with Crippen molar-refractivity contribution < 1.29 is 19.8 Å². The second kappa shape index (κ2) is 13.3. The van der Waals surface area contributed by atoms with Crippen LogP contribution in [0.1, 0.15) is 73.7 Å². The summed E-state index contributed by atoms with van der Waals surface area (Å²) >= 11 is 1.45. The van der Waals surface area contributed by atoms with Gasteiger partial charge in [-0.1, -0.05) is 30.3 Å². The van der Waals surface area contributed by atoms with Gasteiger partial charge >= 0.3 is 0 Å². The van der Waals surface area contributed by atoms with Crippen molar-refractivity contribution in [3.8, 4) is 0 Å². The van der Waals surface area contributed by atoms with Crippen molar-refractivity contribution in [2.24, 2.45) is 5.10 Å². The van der Waals surface area contributed by atoms with Gasteiger partial charge in [0.05, 0.1) is 24.0 Å². The van der Waals surface area contributed by atoms with E-state index in [1.807, 2.05) is 49.1 Å². The lowest BCUT2D eigenvalue weighted by Gasteiger charge is -2.25. The summed E-state index contributed by atoms with van der Waals surface area (Å²) in [6.45, 7) is 8.80. The molecule has 1 heterocycles. The molecule has 2 amide bonds. The van der Waals surface area contributed by atoms with E-state index in [1.54, 1.807) is 32.2 Å². The Bertz CT molecular complexity index is 1390. The first-order valence-corrected chi connectivity index (χ1v) is 14.5. The van der Waals surface area contributed by atoms with Crippen LogP contribution in [0, 0.1) is 13.8 Å². The third kappa shape index (κ3) is 7.63. The first-order chi connectivity index (χ1) is 19.1. The lowest BCUT2D eigenvalue weighted by Crippen LogP contribution is -2.35. The number of aliphatic hydroxyl groups excluding tert-OH is 2. The van der Waals surface area contributed by atoms with Gasteiger partial charge in [-0.3, -0.25) is 14.5 Å². The summed E-state index contributed by atoms with van der Waals surface area (Å²) in [6.07, 6.45) is 3.21. The number of amides is 2. The lowest BCUT2D eigenvalue weighted by molar-refractivity contribution is 0.0793. The average Bonchev–Trinajstić information content (AvgIpc) is 3.46. The maximum atomic E-state index is 13.3. The van der Waals surface area contributed by atoms with Crippen LogP contribution < -0.4 is 10.7 Å². The fraction of sp³-hybridized carbons (Fsp3) is 0.387. The monoisotopic (exact) mass is 562 g/mol. The Morgan fingerprint density at radius 1 is 1.02 bits per heavy atom. The summed E-state index contributed by atoms with van der Waals surface area (Å²) in [5, 5.41) is 27.4. The molecule has 212 valence electrons. The van der Waals surface area contributed by atoms with Gasteiger partial charge in [-0.2, -0.15) is 5.10 Å². The highest BCUT2D eigenvalue weighted by molar-refractivity contribution is 7.17. The number of hydrazone groups is 1. The quantitative estimate of drug-likeness (QED) is 0.204. The molecule has 1 aliphatic rings. The Hall–Kier alpha value is -3.37. The number of rotatable bonds is 11. The highest BCUT2D eigenvalue weighted by atomic mass is 32.1. The van der Waals surface area contributed by atoms with Gasteiger partial charge in [0.1, 0.15) is 5.00 Å². The minimum absolute atomic E-state index is 0.299. The number of hydrogen-bond donors (Lipinski definition) is 4. The van der Waals surface area contributed by atoms with Crippen LogP contribution >= 0.6 is 11.3 Å². The molecule has 1 aromatic heterocycles. The first kappa shape index (κ1) is 29.6. The van der Waals surface area contributed by atoms with Gasteiger partial charge in [-0.05, 0) is 86.9 Å². The molecule has 2 aromatic carbocycles. The first-order valence-electron chi connectivity index (χ1n) is 13.6. The molecule has 0 spiro atoms. The Kier molecular flexibility index (Phi) is 9.86. The molecule has 0 aliphatic heterocycles. The zero-order valence-electron chi connectivity index (χ0n) is 23.5. The third-order valence-corrected chi connectivity index (χ3v) is 8.13. The van der Waals surface area contributed by atoms with Crippen LogP contribution in [0.15, 0.2) is 47.6 Å². The molecule has 0 bridgehead atoms. The molecule has 3 aromatic rings. The fourth-order valence-electron chi connectivity index (χ4n) is 4.99. The van der Waals surface area contributed by atoms with E-state index in [-0.39, 0.29) is 11.8 Å². The number of hydrogen-bond acceptors (Lipinski definition) is 7. The van der Waals surface area contributed by atoms with Gasteiger partial charge in [0, 0.05) is 30.1 Å². The standard InChI is InChI=1S/C31H38N4O4S/c1-19-11-12-23(13-20(19)2)15-32-34-30(39)28-26-9-6-10-27(26)40-31(28)33-29(38)25-8-5-7-24(14-25)18-35(16-21(3)36)17-22(4)37/h5,7-8,11-15,21-22,36-37H,6,9-10,16-18H2,1-4H3,(H,33,38)(H,34,39)/b32-15+. The summed E-state index contributed by atoms with van der Waals surface area (Å²) in [5.41, 5.74) is 8.72. The maximum Gasteiger partial charge on any atom is 0.274 e. The largest absolute Gasteiger partial charge is 0.392 e. The minimum atomic E-state index is -0.541. The normalized spacial score (nSPS) is 14.4. The second-order valence-electron chi connectivity index (χ2n) is 10.7. The summed E-state index contributed by atoms with van der Waals surface area (Å²) in [6, 6.07) is 13.3. The molecule has 8 nitrogen and oxygen atoms in total. The number of nitrogens with one attached hydrogen (secondary N) is 2. The van der Waals surface area contributed by atoms with Gasteiger partial charge in [0.25, 0.3) is 11.8 Å². The highest BCUT2D eigenvalue weighted by Crippen LogP contribution is 2.39. The number of carbonyl (C=O) groups excluding carboxylic acids is 2. The summed E-state index contributed by atoms with van der Waals surface area (Å²) < 4.78 is 0. The van der Waals surface area contributed by atoms with Gasteiger partial charge < -0.3 is 15.5 Å². The van der Waals surface area contributed by atoms with Crippen molar-refractivity contribution >= 4 is 34.4 Å². The van der Waals surface area contributed by atoms with Crippen molar-refractivity contribution in [1.29, 1.82) is 0 Å². The molecule has 2 unspecified atom stereocenters. The number of benzene rings is 2. The topological polar surface area (TPSA) is 114 Å². The smallest absolute Gasteiger partial charge is 0.274 e. The number of aliphatic hydroxyl groups is 2. The molecular formula is C31H38N4O4S. The highest BCUT2D eigenvalue weighted by Gasteiger charge is 2.27. The molecule has 0 saturated carbocycles. The summed E-state index contributed by atoms with van der Waals surface area (Å²) in [4.78, 5) is 29.6. The second-order valence-corrected chi connectivity index (χ2v) is 11.8. The number of anilines is 1. The lowest BCUT2D eigenvalue weighted by atomic mass is 10.1. The number of aryl methyl sites for hydroxylation is 3. The van der Waals surface area contributed by atoms with Gasteiger partial charge in [0.2, 0.25) is 0 Å². The van der Waals surface area contributed by atoms with Crippen LogP contribution in [0.2, 0.25) is 0 Å².